The van der Waals surface area contributed by atoms with E-state index >= 15 is 0 Å². The number of amides is 1. The molecule has 1 N–H and O–H groups in total. The summed E-state index contributed by atoms with van der Waals surface area (Å²) in [6.45, 7) is 7.69. The molecule has 0 saturated carbocycles. The second-order valence-electron chi connectivity index (χ2n) is 7.81. The van der Waals surface area contributed by atoms with Crippen LogP contribution < -0.4 is 14.9 Å². The normalized spacial score (nSPS) is 10.6. The number of anilines is 4. The predicted molar refractivity (Wildman–Crippen MR) is 140 cm³/mol. The van der Waals surface area contributed by atoms with Crippen LogP contribution in [0.25, 0.3) is 0 Å². The van der Waals surface area contributed by atoms with Crippen LogP contribution in [-0.2, 0) is 4.79 Å². The average Bonchev–Trinajstić information content (AvgIpc) is 2.84. The first kappa shape index (κ1) is 24.5. The van der Waals surface area contributed by atoms with E-state index in [4.69, 9.17) is 12.2 Å². The molecule has 0 spiro atoms. The van der Waals surface area contributed by atoms with Crippen molar-refractivity contribution in [3.05, 3.63) is 71.6 Å². The number of carbonyl (C=O) groups is 1. The molecule has 0 fully saturated rings. The van der Waals surface area contributed by atoms with E-state index in [0.29, 0.717) is 23.3 Å². The van der Waals surface area contributed by atoms with Crippen molar-refractivity contribution >= 4 is 41.0 Å². The molecule has 0 saturated heterocycles. The molecule has 3 rings (SSSR count). The van der Waals surface area contributed by atoms with Crippen LogP contribution in [0.15, 0.2) is 67.0 Å². The Morgan fingerprint density at radius 2 is 1.48 bits per heavy atom. The third-order valence-corrected chi connectivity index (χ3v) is 5.54. The summed E-state index contributed by atoms with van der Waals surface area (Å²) in [6.07, 6.45) is 4.57. The number of aromatic nitrogens is 2. The van der Waals surface area contributed by atoms with Crippen molar-refractivity contribution in [1.29, 1.82) is 0 Å². The Morgan fingerprint density at radius 3 is 2.06 bits per heavy atom. The van der Waals surface area contributed by atoms with Gasteiger partial charge in [-0.2, -0.15) is 0 Å². The highest BCUT2D eigenvalue weighted by atomic mass is 32.1. The first-order chi connectivity index (χ1) is 16.1. The van der Waals surface area contributed by atoms with Gasteiger partial charge in [-0.25, -0.2) is 9.99 Å². The van der Waals surface area contributed by atoms with Crippen LogP contribution in [0.1, 0.15) is 46.5 Å². The Hall–Kier alpha value is -3.19. The highest BCUT2D eigenvalue weighted by Crippen LogP contribution is 2.35. The molecule has 6 nitrogen and oxygen atoms in total. The lowest BCUT2D eigenvalue weighted by Gasteiger charge is -2.38. The van der Waals surface area contributed by atoms with Crippen molar-refractivity contribution in [3.63, 3.8) is 0 Å². The largest absolute Gasteiger partial charge is 0.331 e. The molecule has 0 aliphatic rings. The average molecular weight is 464 g/mol. The minimum absolute atomic E-state index is 0.00642. The second kappa shape index (κ2) is 12.2. The fraction of sp³-hybridized carbons (Fsp3) is 0.346. The topological polar surface area (TPSA) is 55.5 Å². The number of rotatable bonds is 11. The summed E-state index contributed by atoms with van der Waals surface area (Å²) in [6, 6.07) is 20.1. The standard InChI is InChI=1S/C26H33N5OS/c1-4-13-23(32)31(30(19-6-3)22-16-11-8-12-17-22)24-25(27-20-28-26(24)33)29(18-5-2)21-14-9-7-10-15-21/h7-12,14-17,20H,4-6,13,18-19H2,1-3H3,(H,27,28,33). The maximum atomic E-state index is 13.6. The molecular formula is C26H33N5OS. The molecule has 1 amide bonds. The molecule has 0 unspecified atom stereocenters. The van der Waals surface area contributed by atoms with E-state index < -0.39 is 0 Å². The molecule has 3 aromatic rings. The smallest absolute Gasteiger partial charge is 0.246 e. The monoisotopic (exact) mass is 463 g/mol. The van der Waals surface area contributed by atoms with Crippen LogP contribution in [0, 0.1) is 4.64 Å². The quantitative estimate of drug-likeness (QED) is 0.255. The van der Waals surface area contributed by atoms with Gasteiger partial charge in [-0.3, -0.25) is 9.80 Å². The Balaban J connectivity index is 2.24. The summed E-state index contributed by atoms with van der Waals surface area (Å²) >= 11 is 5.75. The van der Waals surface area contributed by atoms with Gasteiger partial charge in [-0.1, -0.05) is 69.4 Å². The predicted octanol–water partition coefficient (Wildman–Crippen LogP) is 6.65. The number of aromatic amines is 1. The van der Waals surface area contributed by atoms with E-state index in [9.17, 15) is 4.79 Å². The number of benzene rings is 2. The minimum Gasteiger partial charge on any atom is -0.331 e. The number of nitrogens with zero attached hydrogens (tertiary/aromatic N) is 4. The van der Waals surface area contributed by atoms with Crippen LogP contribution in [-0.4, -0.2) is 29.0 Å². The number of H-pyrrole nitrogens is 1. The van der Waals surface area contributed by atoms with Gasteiger partial charge in [0.05, 0.1) is 12.0 Å². The Labute approximate surface area is 201 Å². The summed E-state index contributed by atoms with van der Waals surface area (Å²) in [5, 5.41) is 3.77. The zero-order valence-electron chi connectivity index (χ0n) is 19.7. The van der Waals surface area contributed by atoms with Crippen LogP contribution in [0.5, 0.6) is 0 Å². The zero-order chi connectivity index (χ0) is 23.6. The van der Waals surface area contributed by atoms with E-state index in [1.54, 1.807) is 11.3 Å². The third-order valence-electron chi connectivity index (χ3n) is 5.24. The van der Waals surface area contributed by atoms with E-state index in [2.05, 4.69) is 40.8 Å². The molecule has 0 atom stereocenters. The van der Waals surface area contributed by atoms with Crippen molar-refractivity contribution in [1.82, 2.24) is 9.97 Å². The van der Waals surface area contributed by atoms with Gasteiger partial charge >= 0.3 is 0 Å². The number of carbonyl (C=O) groups excluding carboxylic acids is 1. The fourth-order valence-electron chi connectivity index (χ4n) is 3.84. The molecule has 2 aromatic carbocycles. The maximum absolute atomic E-state index is 13.6. The van der Waals surface area contributed by atoms with Gasteiger partial charge in [0.15, 0.2) is 4.64 Å². The number of hydrogen-bond donors (Lipinski definition) is 1. The van der Waals surface area contributed by atoms with Crippen molar-refractivity contribution in [2.45, 2.75) is 46.5 Å². The van der Waals surface area contributed by atoms with E-state index in [1.165, 1.54) is 0 Å². The summed E-state index contributed by atoms with van der Waals surface area (Å²) < 4.78 is 0.391. The summed E-state index contributed by atoms with van der Waals surface area (Å²) in [5.74, 6) is 0.762. The Morgan fingerprint density at radius 1 is 0.879 bits per heavy atom. The van der Waals surface area contributed by atoms with Gasteiger partial charge in [0.25, 0.3) is 0 Å². The number of para-hydroxylation sites is 2. The molecule has 0 aliphatic heterocycles. The van der Waals surface area contributed by atoms with Crippen molar-refractivity contribution in [2.75, 3.05) is 28.0 Å². The lowest BCUT2D eigenvalue weighted by molar-refractivity contribution is -0.118. The molecule has 0 radical (unpaired) electrons. The van der Waals surface area contributed by atoms with Crippen LogP contribution in [0.3, 0.4) is 0 Å². The SMILES string of the molecule is CCCC(=O)N(c1c(N(CCC)c2ccccc2)[nH]cnc1=S)N(CCC)c1ccccc1. The van der Waals surface area contributed by atoms with Gasteiger partial charge in [-0.05, 0) is 43.5 Å². The summed E-state index contributed by atoms with van der Waals surface area (Å²) in [7, 11) is 0. The molecule has 174 valence electrons. The number of hydrogen-bond acceptors (Lipinski definition) is 5. The van der Waals surface area contributed by atoms with Crippen LogP contribution in [0.4, 0.5) is 22.9 Å². The maximum Gasteiger partial charge on any atom is 0.246 e. The molecule has 33 heavy (non-hydrogen) atoms. The Bertz CT molecular complexity index is 1070. The zero-order valence-corrected chi connectivity index (χ0v) is 20.5. The Kier molecular flexibility index (Phi) is 9.01. The molecule has 0 aliphatic carbocycles. The molecular weight excluding hydrogens is 430 g/mol. The van der Waals surface area contributed by atoms with Gasteiger partial charge in [0.2, 0.25) is 5.91 Å². The molecule has 1 aromatic heterocycles. The van der Waals surface area contributed by atoms with E-state index in [1.807, 2.05) is 60.5 Å². The number of nitrogens with one attached hydrogen (secondary N) is 1. The van der Waals surface area contributed by atoms with Gasteiger partial charge in [-0.15, -0.1) is 0 Å². The fourth-order valence-corrected chi connectivity index (χ4v) is 4.07. The molecule has 0 bridgehead atoms. The van der Waals surface area contributed by atoms with Gasteiger partial charge in [0, 0.05) is 25.2 Å². The highest BCUT2D eigenvalue weighted by Gasteiger charge is 2.29. The third kappa shape index (κ3) is 5.79. The highest BCUT2D eigenvalue weighted by molar-refractivity contribution is 7.71. The summed E-state index contributed by atoms with van der Waals surface area (Å²) in [5.41, 5.74) is 2.58. The van der Waals surface area contributed by atoms with Gasteiger partial charge in [0.1, 0.15) is 11.5 Å². The molecule has 1 heterocycles. The van der Waals surface area contributed by atoms with Gasteiger partial charge < -0.3 is 9.88 Å². The first-order valence-corrected chi connectivity index (χ1v) is 12.1. The van der Waals surface area contributed by atoms with E-state index in [-0.39, 0.29) is 5.91 Å². The second-order valence-corrected chi connectivity index (χ2v) is 8.19. The lowest BCUT2D eigenvalue weighted by atomic mass is 10.2. The van der Waals surface area contributed by atoms with Crippen molar-refractivity contribution in [2.24, 2.45) is 0 Å². The molecule has 7 heteroatoms. The van der Waals surface area contributed by atoms with E-state index in [0.717, 1.165) is 43.0 Å². The summed E-state index contributed by atoms with van der Waals surface area (Å²) in [4.78, 5) is 23.5. The minimum atomic E-state index is -0.00642. The van der Waals surface area contributed by atoms with Crippen LogP contribution >= 0.6 is 12.2 Å². The number of hydrazine groups is 1. The lowest BCUT2D eigenvalue weighted by Crippen LogP contribution is -2.48. The first-order valence-electron chi connectivity index (χ1n) is 11.7. The van der Waals surface area contributed by atoms with Crippen molar-refractivity contribution < 1.29 is 4.79 Å². The van der Waals surface area contributed by atoms with Crippen LogP contribution in [0.2, 0.25) is 0 Å². The van der Waals surface area contributed by atoms with Crippen molar-refractivity contribution in [3.8, 4) is 0 Å².